The Balaban J connectivity index is 2.23. The number of aromatic nitrogens is 2. The molecule has 0 amide bonds. The van der Waals surface area contributed by atoms with Gasteiger partial charge in [0, 0.05) is 21.8 Å². The van der Waals surface area contributed by atoms with Crippen molar-refractivity contribution in [3.05, 3.63) is 34.1 Å². The van der Waals surface area contributed by atoms with Crippen LogP contribution in [0.4, 0.5) is 0 Å². The summed E-state index contributed by atoms with van der Waals surface area (Å²) in [6.07, 6.45) is 1.74. The predicted molar refractivity (Wildman–Crippen MR) is 84.9 cm³/mol. The smallest absolute Gasteiger partial charge is 0.174 e. The Morgan fingerprint density at radius 1 is 1.47 bits per heavy atom. The molecule has 0 aliphatic rings. The van der Waals surface area contributed by atoms with E-state index in [1.807, 2.05) is 6.92 Å². The van der Waals surface area contributed by atoms with Crippen LogP contribution in [-0.2, 0) is 12.8 Å². The zero-order chi connectivity index (χ0) is 13.8. The Morgan fingerprint density at radius 2 is 2.26 bits per heavy atom. The second kappa shape index (κ2) is 6.83. The van der Waals surface area contributed by atoms with Gasteiger partial charge in [-0.3, -0.25) is 0 Å². The molecular formula is C13H16BrN3S2. The predicted octanol–water partition coefficient (Wildman–Crippen LogP) is 3.90. The minimum atomic E-state index is 0.147. The summed E-state index contributed by atoms with van der Waals surface area (Å²) in [6, 6.07) is 6.44. The number of aryl methyl sites for hydroxylation is 1. The molecule has 19 heavy (non-hydrogen) atoms. The molecular weight excluding hydrogens is 342 g/mol. The van der Waals surface area contributed by atoms with Gasteiger partial charge in [-0.1, -0.05) is 34.6 Å². The second-order valence-electron chi connectivity index (χ2n) is 4.37. The van der Waals surface area contributed by atoms with Crippen LogP contribution in [0.5, 0.6) is 0 Å². The maximum Gasteiger partial charge on any atom is 0.174 e. The lowest BCUT2D eigenvalue weighted by atomic mass is 10.1. The van der Waals surface area contributed by atoms with Gasteiger partial charge >= 0.3 is 0 Å². The first kappa shape index (κ1) is 15.0. The molecule has 0 saturated carbocycles. The van der Waals surface area contributed by atoms with Gasteiger partial charge in [0.15, 0.2) is 4.34 Å². The van der Waals surface area contributed by atoms with Crippen molar-refractivity contribution in [1.29, 1.82) is 0 Å². The van der Waals surface area contributed by atoms with E-state index in [1.165, 1.54) is 22.0 Å². The molecule has 6 heteroatoms. The highest BCUT2D eigenvalue weighted by molar-refractivity contribution is 9.10. The van der Waals surface area contributed by atoms with Crippen molar-refractivity contribution in [3.8, 4) is 0 Å². The Kier molecular flexibility index (Phi) is 5.38. The summed E-state index contributed by atoms with van der Waals surface area (Å²) in [4.78, 5) is 5.70. The molecule has 0 fully saturated rings. The van der Waals surface area contributed by atoms with Crippen molar-refractivity contribution in [3.63, 3.8) is 0 Å². The Bertz CT molecular complexity index is 555. The van der Waals surface area contributed by atoms with E-state index in [9.17, 15) is 0 Å². The fraction of sp³-hybridized carbons (Fsp3) is 0.385. The molecule has 1 heterocycles. The lowest BCUT2D eigenvalue weighted by molar-refractivity contribution is 0.729. The SMILES string of the molecule is CCc1nsc(Sc2ccc(Br)cc2CC(C)N)n1. The van der Waals surface area contributed by atoms with Gasteiger partial charge in [0.2, 0.25) is 0 Å². The topological polar surface area (TPSA) is 51.8 Å². The third-order valence-corrected chi connectivity index (χ3v) is 4.93. The molecule has 0 radical (unpaired) electrons. The van der Waals surface area contributed by atoms with Gasteiger partial charge in [-0.2, -0.15) is 4.37 Å². The molecule has 1 unspecified atom stereocenters. The molecule has 0 bridgehead atoms. The first-order valence-corrected chi connectivity index (χ1v) is 8.51. The van der Waals surface area contributed by atoms with E-state index in [1.54, 1.807) is 11.8 Å². The van der Waals surface area contributed by atoms with E-state index in [0.717, 1.165) is 27.5 Å². The third kappa shape index (κ3) is 4.27. The number of benzene rings is 1. The monoisotopic (exact) mass is 357 g/mol. The Hall–Kier alpha value is -0.430. The number of hydrogen-bond donors (Lipinski definition) is 1. The van der Waals surface area contributed by atoms with E-state index in [0.29, 0.717) is 0 Å². The molecule has 1 aromatic heterocycles. The van der Waals surface area contributed by atoms with Crippen molar-refractivity contribution in [2.45, 2.75) is 42.0 Å². The van der Waals surface area contributed by atoms with Crippen LogP contribution in [0.1, 0.15) is 25.2 Å². The van der Waals surface area contributed by atoms with Gasteiger partial charge in [-0.05, 0) is 48.6 Å². The molecule has 0 aliphatic heterocycles. The van der Waals surface area contributed by atoms with Gasteiger partial charge in [0.25, 0.3) is 0 Å². The number of nitrogens with two attached hydrogens (primary N) is 1. The van der Waals surface area contributed by atoms with Gasteiger partial charge in [-0.25, -0.2) is 4.98 Å². The minimum absolute atomic E-state index is 0.147. The summed E-state index contributed by atoms with van der Waals surface area (Å²) in [5, 5.41) is 0. The molecule has 1 aromatic carbocycles. The molecule has 102 valence electrons. The first-order chi connectivity index (χ1) is 9.08. The molecule has 2 aromatic rings. The summed E-state index contributed by atoms with van der Waals surface area (Å²) >= 11 is 6.64. The highest BCUT2D eigenvalue weighted by Crippen LogP contribution is 2.33. The average molecular weight is 358 g/mol. The fourth-order valence-electron chi connectivity index (χ4n) is 1.67. The maximum atomic E-state index is 5.91. The molecule has 0 saturated heterocycles. The van der Waals surface area contributed by atoms with Crippen LogP contribution in [0.25, 0.3) is 0 Å². The minimum Gasteiger partial charge on any atom is -0.328 e. The standard InChI is InChI=1S/C13H16BrN3S2/c1-3-12-16-13(19-17-12)18-11-5-4-10(14)7-9(11)6-8(2)15/h4-5,7-8H,3,6,15H2,1-2H3. The van der Waals surface area contributed by atoms with Crippen LogP contribution in [0.2, 0.25) is 0 Å². The summed E-state index contributed by atoms with van der Waals surface area (Å²) in [5.41, 5.74) is 7.16. The van der Waals surface area contributed by atoms with Crippen LogP contribution in [0, 0.1) is 0 Å². The van der Waals surface area contributed by atoms with E-state index < -0.39 is 0 Å². The van der Waals surface area contributed by atoms with Crippen molar-refractivity contribution in [2.75, 3.05) is 0 Å². The van der Waals surface area contributed by atoms with Gasteiger partial charge in [0.05, 0.1) is 0 Å². The van der Waals surface area contributed by atoms with Gasteiger partial charge < -0.3 is 5.73 Å². The van der Waals surface area contributed by atoms with Crippen molar-refractivity contribution in [2.24, 2.45) is 5.73 Å². The summed E-state index contributed by atoms with van der Waals surface area (Å²) in [7, 11) is 0. The largest absolute Gasteiger partial charge is 0.328 e. The lowest BCUT2D eigenvalue weighted by Gasteiger charge is -2.10. The highest BCUT2D eigenvalue weighted by Gasteiger charge is 2.10. The summed E-state index contributed by atoms with van der Waals surface area (Å²) in [6.45, 7) is 4.09. The number of rotatable bonds is 5. The van der Waals surface area contributed by atoms with Crippen LogP contribution in [0.3, 0.4) is 0 Å². The zero-order valence-corrected chi connectivity index (χ0v) is 14.1. The van der Waals surface area contributed by atoms with E-state index in [2.05, 4.69) is 50.4 Å². The average Bonchev–Trinajstić information content (AvgIpc) is 2.80. The fourth-order valence-corrected chi connectivity index (χ4v) is 3.86. The van der Waals surface area contributed by atoms with Gasteiger partial charge in [-0.15, -0.1) is 0 Å². The van der Waals surface area contributed by atoms with Crippen molar-refractivity contribution in [1.82, 2.24) is 9.36 Å². The summed E-state index contributed by atoms with van der Waals surface area (Å²) < 4.78 is 6.39. The molecule has 0 aliphatic carbocycles. The highest BCUT2D eigenvalue weighted by atomic mass is 79.9. The number of nitrogens with zero attached hydrogens (tertiary/aromatic N) is 2. The van der Waals surface area contributed by atoms with E-state index in [4.69, 9.17) is 5.73 Å². The second-order valence-corrected chi connectivity index (χ2v) is 7.32. The quantitative estimate of drug-likeness (QED) is 0.881. The molecule has 3 nitrogen and oxygen atoms in total. The zero-order valence-electron chi connectivity index (χ0n) is 10.9. The number of hydrogen-bond acceptors (Lipinski definition) is 5. The maximum absolute atomic E-state index is 5.91. The normalized spacial score (nSPS) is 12.6. The van der Waals surface area contributed by atoms with Crippen LogP contribution in [0.15, 0.2) is 31.9 Å². The molecule has 0 spiro atoms. The first-order valence-electron chi connectivity index (χ1n) is 6.13. The van der Waals surface area contributed by atoms with Crippen LogP contribution < -0.4 is 5.73 Å². The lowest BCUT2D eigenvalue weighted by Crippen LogP contribution is -2.18. The molecule has 2 rings (SSSR count). The van der Waals surface area contributed by atoms with Crippen molar-refractivity contribution < 1.29 is 0 Å². The van der Waals surface area contributed by atoms with Crippen LogP contribution in [-0.4, -0.2) is 15.4 Å². The third-order valence-electron chi connectivity index (χ3n) is 2.53. The van der Waals surface area contributed by atoms with Crippen molar-refractivity contribution >= 4 is 39.2 Å². The Morgan fingerprint density at radius 3 is 2.89 bits per heavy atom. The summed E-state index contributed by atoms with van der Waals surface area (Å²) in [5.74, 6) is 0.915. The number of halogens is 1. The van der Waals surface area contributed by atoms with E-state index in [-0.39, 0.29) is 6.04 Å². The molecule has 2 N–H and O–H groups in total. The van der Waals surface area contributed by atoms with E-state index >= 15 is 0 Å². The van der Waals surface area contributed by atoms with Crippen LogP contribution >= 0.6 is 39.2 Å². The van der Waals surface area contributed by atoms with Gasteiger partial charge in [0.1, 0.15) is 5.82 Å². The Labute approximate surface area is 130 Å². The molecule has 1 atom stereocenters.